The molecule has 0 amide bonds. The van der Waals surface area contributed by atoms with Crippen molar-refractivity contribution in [2.45, 2.75) is 154 Å². The van der Waals surface area contributed by atoms with E-state index >= 15 is 0 Å². The van der Waals surface area contributed by atoms with Crippen molar-refractivity contribution in [1.29, 1.82) is 0 Å². The van der Waals surface area contributed by atoms with Crippen LogP contribution in [0.5, 0.6) is 0 Å². The quantitative estimate of drug-likeness (QED) is 0.388. The molecule has 0 radical (unpaired) electrons. The molecule has 32 heavy (non-hydrogen) atoms. The molecule has 0 heteroatoms. The fourth-order valence-corrected chi connectivity index (χ4v) is 8.06. The van der Waals surface area contributed by atoms with E-state index in [4.69, 9.17) is 0 Å². The second-order valence-electron chi connectivity index (χ2n) is 11.8. The Morgan fingerprint density at radius 2 is 0.719 bits per heavy atom. The fraction of sp³-hybridized carbons (Fsp3) is 0.875. The van der Waals surface area contributed by atoms with Crippen molar-refractivity contribution < 1.29 is 0 Å². The van der Waals surface area contributed by atoms with Crippen molar-refractivity contribution in [1.82, 2.24) is 0 Å². The summed E-state index contributed by atoms with van der Waals surface area (Å²) in [5, 5.41) is 0. The van der Waals surface area contributed by atoms with E-state index in [1.807, 2.05) is 0 Å². The van der Waals surface area contributed by atoms with Gasteiger partial charge in [0.2, 0.25) is 0 Å². The molecule has 4 rings (SSSR count). The fourth-order valence-electron chi connectivity index (χ4n) is 8.06. The van der Waals surface area contributed by atoms with E-state index in [1.165, 1.54) is 141 Å². The second-order valence-corrected chi connectivity index (χ2v) is 11.8. The van der Waals surface area contributed by atoms with Crippen molar-refractivity contribution in [2.24, 2.45) is 22.7 Å². The van der Waals surface area contributed by atoms with Crippen molar-refractivity contribution in [3.05, 3.63) is 0 Å². The molecule has 178 valence electrons. The summed E-state index contributed by atoms with van der Waals surface area (Å²) in [7, 11) is 0. The highest BCUT2D eigenvalue weighted by Gasteiger charge is 2.56. The smallest absolute Gasteiger partial charge is 0.0510 e. The first-order valence-electron chi connectivity index (χ1n) is 14.9. The monoisotopic (exact) mass is 434 g/mol. The van der Waals surface area contributed by atoms with Gasteiger partial charge >= 0.3 is 0 Å². The van der Waals surface area contributed by atoms with Crippen molar-refractivity contribution >= 4 is 0 Å². The minimum Gasteiger partial charge on any atom is -0.103 e. The van der Waals surface area contributed by atoms with Crippen LogP contribution in [0.3, 0.4) is 0 Å². The van der Waals surface area contributed by atoms with E-state index in [1.54, 1.807) is 0 Å². The number of rotatable bonds is 3. The molecule has 0 saturated heterocycles. The summed E-state index contributed by atoms with van der Waals surface area (Å²) in [6.45, 7) is 0. The molecule has 0 nitrogen and oxygen atoms in total. The Bertz CT molecular complexity index is 604. The molecule has 0 aliphatic heterocycles. The van der Waals surface area contributed by atoms with Crippen molar-refractivity contribution in [3.8, 4) is 23.7 Å². The lowest BCUT2D eigenvalue weighted by Gasteiger charge is -2.55. The highest BCUT2D eigenvalue weighted by Crippen LogP contribution is 2.60. The highest BCUT2D eigenvalue weighted by atomic mass is 14.6. The highest BCUT2D eigenvalue weighted by molar-refractivity contribution is 5.31. The zero-order chi connectivity index (χ0) is 22.0. The normalized spacial score (nSPS) is 34.4. The predicted octanol–water partition coefficient (Wildman–Crippen LogP) is 9.62. The van der Waals surface area contributed by atoms with Crippen LogP contribution < -0.4 is 0 Å². The molecule has 2 fully saturated rings. The van der Waals surface area contributed by atoms with E-state index in [0.29, 0.717) is 0 Å². The summed E-state index contributed by atoms with van der Waals surface area (Å²) in [4.78, 5) is 0. The Labute approximate surface area is 200 Å². The van der Waals surface area contributed by atoms with Gasteiger partial charge in [-0.05, 0) is 63.2 Å². The molecule has 0 bridgehead atoms. The molecule has 0 spiro atoms. The maximum Gasteiger partial charge on any atom is 0.0510 e. The van der Waals surface area contributed by atoms with Gasteiger partial charge < -0.3 is 0 Å². The van der Waals surface area contributed by atoms with Gasteiger partial charge in [0.1, 0.15) is 0 Å². The minimum atomic E-state index is 0.166. The zero-order valence-electron chi connectivity index (χ0n) is 21.1. The Hall–Kier alpha value is -0.880. The second kappa shape index (κ2) is 12.5. The molecular weight excluding hydrogens is 384 g/mol. The Kier molecular flexibility index (Phi) is 9.51. The first kappa shape index (κ1) is 24.3. The average molecular weight is 435 g/mol. The van der Waals surface area contributed by atoms with Crippen LogP contribution in [-0.2, 0) is 0 Å². The van der Waals surface area contributed by atoms with Gasteiger partial charge in [-0.15, -0.1) is 11.8 Å². The summed E-state index contributed by atoms with van der Waals surface area (Å²) < 4.78 is 0. The van der Waals surface area contributed by atoms with Gasteiger partial charge in [-0.2, -0.15) is 0 Å². The van der Waals surface area contributed by atoms with Crippen LogP contribution in [0.25, 0.3) is 0 Å². The Morgan fingerprint density at radius 1 is 0.375 bits per heavy atom. The summed E-state index contributed by atoms with van der Waals surface area (Å²) in [6, 6.07) is 0. The van der Waals surface area contributed by atoms with Crippen molar-refractivity contribution in [3.63, 3.8) is 0 Å². The molecule has 2 unspecified atom stereocenters. The van der Waals surface area contributed by atoms with Crippen LogP contribution >= 0.6 is 0 Å². The topological polar surface area (TPSA) is 0 Å². The van der Waals surface area contributed by atoms with Crippen LogP contribution in [-0.4, -0.2) is 0 Å². The van der Waals surface area contributed by atoms with E-state index in [9.17, 15) is 0 Å². The van der Waals surface area contributed by atoms with E-state index in [0.717, 1.165) is 24.7 Å². The third-order valence-corrected chi connectivity index (χ3v) is 9.77. The van der Waals surface area contributed by atoms with E-state index in [2.05, 4.69) is 23.7 Å². The van der Waals surface area contributed by atoms with Gasteiger partial charge in [0.05, 0.1) is 10.8 Å². The molecule has 4 aliphatic rings. The average Bonchev–Trinajstić information content (AvgIpc) is 2.69. The summed E-state index contributed by atoms with van der Waals surface area (Å²) >= 11 is 0. The molecular formula is C32H50. The zero-order valence-corrected chi connectivity index (χ0v) is 21.1. The molecule has 0 aromatic rings. The maximum atomic E-state index is 4.19. The molecule has 0 aromatic heterocycles. The third-order valence-electron chi connectivity index (χ3n) is 9.77. The Balaban J connectivity index is 1.82. The molecule has 0 N–H and O–H groups in total. The minimum absolute atomic E-state index is 0.166. The van der Waals surface area contributed by atoms with Crippen LogP contribution in [0.2, 0.25) is 0 Å². The summed E-state index contributed by atoms with van der Waals surface area (Å²) in [5.74, 6) is 17.6. The van der Waals surface area contributed by atoms with Crippen LogP contribution in [0, 0.1) is 46.3 Å². The standard InChI is InChI=1S/C32H50/c1-5-13-21-29(22-14-6-1)31(25-17-9-3-10-18-26-31)32(27-19-11-4-12-20-28-32)30-23-15-7-2-8-16-24-30/h29-30H,1-17,19,21-25,27H2. The van der Waals surface area contributed by atoms with E-state index in [-0.39, 0.29) is 10.8 Å². The molecule has 2 atom stereocenters. The van der Waals surface area contributed by atoms with Crippen LogP contribution in [0.4, 0.5) is 0 Å². The lowest BCUT2D eigenvalue weighted by molar-refractivity contribution is -0.0139. The lowest BCUT2D eigenvalue weighted by Crippen LogP contribution is -2.51. The maximum absolute atomic E-state index is 4.19. The molecule has 0 aromatic carbocycles. The molecule has 0 heterocycles. The first-order chi connectivity index (χ1) is 15.9. The van der Waals surface area contributed by atoms with E-state index < -0.39 is 0 Å². The van der Waals surface area contributed by atoms with Gasteiger partial charge in [-0.1, -0.05) is 102 Å². The molecule has 2 saturated carbocycles. The number of hydrogen-bond donors (Lipinski definition) is 0. The van der Waals surface area contributed by atoms with Gasteiger partial charge in [-0.3, -0.25) is 0 Å². The lowest BCUT2D eigenvalue weighted by atomic mass is 9.47. The Morgan fingerprint density at radius 3 is 1.12 bits per heavy atom. The SMILES string of the molecule is C1#CC(C2CCCCCCC2)(C2(C3CCCCCCC3)C#CCCCCC2)CCCCC1. The van der Waals surface area contributed by atoms with Crippen LogP contribution in [0.1, 0.15) is 154 Å². The summed E-state index contributed by atoms with van der Waals surface area (Å²) in [6.07, 6.45) is 33.2. The molecule has 4 aliphatic carbocycles. The third kappa shape index (κ3) is 5.60. The first-order valence-corrected chi connectivity index (χ1v) is 14.9. The van der Waals surface area contributed by atoms with Gasteiger partial charge in [0, 0.05) is 12.8 Å². The van der Waals surface area contributed by atoms with Gasteiger partial charge in [-0.25, -0.2) is 0 Å². The number of hydrogen-bond acceptors (Lipinski definition) is 0. The predicted molar refractivity (Wildman–Crippen MR) is 138 cm³/mol. The van der Waals surface area contributed by atoms with Crippen molar-refractivity contribution in [2.75, 3.05) is 0 Å². The van der Waals surface area contributed by atoms with Gasteiger partial charge in [0.25, 0.3) is 0 Å². The van der Waals surface area contributed by atoms with Crippen LogP contribution in [0.15, 0.2) is 0 Å². The largest absolute Gasteiger partial charge is 0.103 e. The summed E-state index contributed by atoms with van der Waals surface area (Å²) in [5.41, 5.74) is 0.331. The van der Waals surface area contributed by atoms with Gasteiger partial charge in [0.15, 0.2) is 0 Å².